The van der Waals surface area contributed by atoms with E-state index in [2.05, 4.69) is 174 Å². The number of aromatic nitrogens is 1. The molecule has 1 aliphatic heterocycles. The zero-order valence-corrected chi connectivity index (χ0v) is 26.8. The van der Waals surface area contributed by atoms with E-state index in [1.165, 1.54) is 66.8 Å². The number of fused-ring (bicyclic) bond motifs is 5. The van der Waals surface area contributed by atoms with Crippen LogP contribution in [-0.2, 0) is 16.2 Å². The first-order chi connectivity index (χ1) is 20.4. The number of benzene rings is 5. The van der Waals surface area contributed by atoms with Gasteiger partial charge < -0.3 is 9.47 Å². The molecule has 0 radical (unpaired) electrons. The molecule has 2 heteroatoms. The van der Waals surface area contributed by atoms with Crippen LogP contribution in [-0.4, -0.2) is 4.57 Å². The quantitative estimate of drug-likeness (QED) is 0.204. The average molecular weight is 563 g/mol. The Labute approximate surface area is 256 Å². The number of hydrogen-bond acceptors (Lipinski definition) is 1. The van der Waals surface area contributed by atoms with Gasteiger partial charge in [0, 0.05) is 27.6 Å². The number of para-hydroxylation sites is 2. The van der Waals surface area contributed by atoms with Crippen LogP contribution >= 0.6 is 0 Å². The van der Waals surface area contributed by atoms with Crippen LogP contribution < -0.4 is 4.90 Å². The van der Waals surface area contributed by atoms with E-state index in [-0.39, 0.29) is 16.2 Å². The standard InChI is InChI=1S/C41H42N2/c1-39(2,3)27-17-23-35-31(25-27)32-26-28(40(4,5)6)18-24-36(32)42(35)29-19-21-30(22-20-29)43-37-15-11-9-13-33(37)41(7,8)34-14-10-12-16-38(34)43/h9-26H,1-8H3. The molecule has 6 aromatic rings. The Hall–Kier alpha value is -4.30. The largest absolute Gasteiger partial charge is 0.310 e. The predicted octanol–water partition coefficient (Wildman–Crippen LogP) is 11.5. The number of hydrogen-bond donors (Lipinski definition) is 0. The van der Waals surface area contributed by atoms with Gasteiger partial charge in [-0.25, -0.2) is 0 Å². The molecule has 0 N–H and O–H groups in total. The number of anilines is 3. The molecule has 0 bridgehead atoms. The van der Waals surface area contributed by atoms with Crippen molar-refractivity contribution in [2.75, 3.05) is 4.90 Å². The van der Waals surface area contributed by atoms with Crippen LogP contribution in [0.15, 0.2) is 109 Å². The van der Waals surface area contributed by atoms with Gasteiger partial charge in [0.05, 0.1) is 22.4 Å². The highest BCUT2D eigenvalue weighted by Gasteiger charge is 2.36. The van der Waals surface area contributed by atoms with Gasteiger partial charge >= 0.3 is 0 Å². The highest BCUT2D eigenvalue weighted by molar-refractivity contribution is 6.10. The van der Waals surface area contributed by atoms with E-state index in [4.69, 9.17) is 0 Å². The smallest absolute Gasteiger partial charge is 0.0541 e. The van der Waals surface area contributed by atoms with Crippen LogP contribution in [0, 0.1) is 0 Å². The molecule has 0 aliphatic carbocycles. The Kier molecular flexibility index (Phi) is 5.98. The van der Waals surface area contributed by atoms with Crippen molar-refractivity contribution in [2.24, 2.45) is 0 Å². The van der Waals surface area contributed by atoms with E-state index in [0.717, 1.165) is 0 Å². The Morgan fingerprint density at radius 3 is 1.35 bits per heavy atom. The first kappa shape index (κ1) is 27.5. The molecule has 0 fully saturated rings. The van der Waals surface area contributed by atoms with Crippen molar-refractivity contribution in [2.45, 2.75) is 71.6 Å². The minimum atomic E-state index is -0.0651. The fourth-order valence-electron chi connectivity index (χ4n) is 6.93. The maximum atomic E-state index is 2.44. The van der Waals surface area contributed by atoms with Crippen molar-refractivity contribution in [3.05, 3.63) is 131 Å². The van der Waals surface area contributed by atoms with Crippen LogP contribution in [0.2, 0.25) is 0 Å². The van der Waals surface area contributed by atoms with Gasteiger partial charge in [0.25, 0.3) is 0 Å². The van der Waals surface area contributed by atoms with Gasteiger partial charge in [-0.1, -0.05) is 104 Å². The summed E-state index contributed by atoms with van der Waals surface area (Å²) in [6.45, 7) is 18.5. The molecule has 0 amide bonds. The fraction of sp³-hybridized carbons (Fsp3) is 0.268. The lowest BCUT2D eigenvalue weighted by molar-refractivity contribution is 0.590. The third-order valence-electron chi connectivity index (χ3n) is 9.50. The minimum absolute atomic E-state index is 0.0651. The van der Waals surface area contributed by atoms with Gasteiger partial charge in [0.2, 0.25) is 0 Å². The van der Waals surface area contributed by atoms with Gasteiger partial charge in [-0.05, 0) is 93.7 Å². The zero-order chi connectivity index (χ0) is 30.3. The predicted molar refractivity (Wildman–Crippen MR) is 185 cm³/mol. The van der Waals surface area contributed by atoms with Crippen LogP contribution in [0.4, 0.5) is 17.1 Å². The lowest BCUT2D eigenvalue weighted by atomic mass is 9.73. The molecule has 0 unspecified atom stereocenters. The maximum Gasteiger partial charge on any atom is 0.0541 e. The molecule has 1 aromatic heterocycles. The first-order valence-electron chi connectivity index (χ1n) is 15.5. The van der Waals surface area contributed by atoms with E-state index in [1.54, 1.807) is 0 Å². The summed E-state index contributed by atoms with van der Waals surface area (Å²) in [7, 11) is 0. The Morgan fingerprint density at radius 2 is 0.907 bits per heavy atom. The van der Waals surface area contributed by atoms with Crippen LogP contribution in [0.5, 0.6) is 0 Å². The second kappa shape index (κ2) is 9.35. The van der Waals surface area contributed by atoms with Crippen LogP contribution in [0.3, 0.4) is 0 Å². The summed E-state index contributed by atoms with van der Waals surface area (Å²) in [5, 5.41) is 2.64. The summed E-state index contributed by atoms with van der Waals surface area (Å²) >= 11 is 0. The van der Waals surface area contributed by atoms with E-state index < -0.39 is 0 Å². The van der Waals surface area contributed by atoms with Crippen molar-refractivity contribution in [1.29, 1.82) is 0 Å². The molecule has 5 aromatic carbocycles. The van der Waals surface area contributed by atoms with E-state index >= 15 is 0 Å². The van der Waals surface area contributed by atoms with E-state index in [1.807, 2.05) is 0 Å². The summed E-state index contributed by atoms with van der Waals surface area (Å²) in [5.74, 6) is 0. The zero-order valence-electron chi connectivity index (χ0n) is 26.8. The SMILES string of the molecule is CC(C)(C)c1ccc2c(c1)c1cc(C(C)(C)C)ccc1n2-c1ccc(N2c3ccccc3C(C)(C)c3ccccc32)cc1. The molecular weight excluding hydrogens is 520 g/mol. The first-order valence-corrected chi connectivity index (χ1v) is 15.5. The van der Waals surface area contributed by atoms with Crippen molar-refractivity contribution < 1.29 is 0 Å². The van der Waals surface area contributed by atoms with Gasteiger partial charge in [-0.3, -0.25) is 0 Å². The molecule has 216 valence electrons. The van der Waals surface area contributed by atoms with E-state index in [9.17, 15) is 0 Å². The van der Waals surface area contributed by atoms with E-state index in [0.29, 0.717) is 0 Å². The summed E-state index contributed by atoms with van der Waals surface area (Å²) in [6.07, 6.45) is 0. The molecule has 7 rings (SSSR count). The second-order valence-electron chi connectivity index (χ2n) is 14.8. The van der Waals surface area contributed by atoms with Gasteiger partial charge in [-0.15, -0.1) is 0 Å². The summed E-state index contributed by atoms with van der Waals surface area (Å²) in [4.78, 5) is 2.43. The summed E-state index contributed by atoms with van der Waals surface area (Å²) < 4.78 is 2.44. The molecular formula is C41H42N2. The Bertz CT molecular complexity index is 1890. The van der Waals surface area contributed by atoms with Crippen molar-refractivity contribution in [1.82, 2.24) is 4.57 Å². The lowest BCUT2D eigenvalue weighted by Gasteiger charge is -2.42. The molecule has 0 atom stereocenters. The van der Waals surface area contributed by atoms with Gasteiger partial charge in [-0.2, -0.15) is 0 Å². The molecule has 0 saturated heterocycles. The second-order valence-corrected chi connectivity index (χ2v) is 14.8. The van der Waals surface area contributed by atoms with Crippen LogP contribution in [0.1, 0.15) is 77.6 Å². The van der Waals surface area contributed by atoms with Crippen molar-refractivity contribution in [3.8, 4) is 5.69 Å². The highest BCUT2D eigenvalue weighted by atomic mass is 15.2. The monoisotopic (exact) mass is 562 g/mol. The molecule has 0 spiro atoms. The average Bonchev–Trinajstić information content (AvgIpc) is 3.30. The Morgan fingerprint density at radius 1 is 0.488 bits per heavy atom. The normalized spacial score (nSPS) is 14.7. The summed E-state index contributed by atoms with van der Waals surface area (Å²) in [5.41, 5.74) is 12.9. The molecule has 2 nitrogen and oxygen atoms in total. The van der Waals surface area contributed by atoms with Gasteiger partial charge in [0.1, 0.15) is 0 Å². The molecule has 2 heterocycles. The van der Waals surface area contributed by atoms with Crippen LogP contribution in [0.25, 0.3) is 27.5 Å². The minimum Gasteiger partial charge on any atom is -0.310 e. The highest BCUT2D eigenvalue weighted by Crippen LogP contribution is 2.51. The summed E-state index contributed by atoms with van der Waals surface area (Å²) in [6, 6.07) is 40.9. The lowest BCUT2D eigenvalue weighted by Crippen LogP contribution is -2.30. The number of rotatable bonds is 2. The molecule has 43 heavy (non-hydrogen) atoms. The third kappa shape index (κ3) is 4.30. The Balaban J connectivity index is 1.41. The van der Waals surface area contributed by atoms with Crippen molar-refractivity contribution in [3.63, 3.8) is 0 Å². The molecule has 0 saturated carbocycles. The maximum absolute atomic E-state index is 2.44. The topological polar surface area (TPSA) is 8.17 Å². The van der Waals surface area contributed by atoms with Crippen molar-refractivity contribution >= 4 is 38.9 Å². The van der Waals surface area contributed by atoms with Gasteiger partial charge in [0.15, 0.2) is 0 Å². The number of nitrogens with zero attached hydrogens (tertiary/aromatic N) is 2. The fourth-order valence-corrected chi connectivity index (χ4v) is 6.93. The molecule has 1 aliphatic rings. The third-order valence-corrected chi connectivity index (χ3v) is 9.50.